The molecule has 0 aromatic rings. The third-order valence-corrected chi connectivity index (χ3v) is 1.15. The fourth-order valence-corrected chi connectivity index (χ4v) is 0.396. The van der Waals surface area contributed by atoms with E-state index in [0.29, 0.717) is 5.88 Å². The molecule has 0 rings (SSSR count). The Hall–Kier alpha value is -0.500. The molecule has 0 radical (unpaired) electrons. The molecule has 11 heavy (non-hydrogen) atoms. The number of ether oxygens (including phenoxy) is 1. The van der Waals surface area contributed by atoms with Crippen LogP contribution in [0, 0.1) is 5.41 Å². The molecule has 0 aromatic heterocycles. The van der Waals surface area contributed by atoms with Gasteiger partial charge in [-0.15, -0.1) is 11.6 Å². The maximum Gasteiger partial charge on any atom is 0.316 e. The van der Waals surface area contributed by atoms with Crippen LogP contribution in [0.4, 0.5) is 0 Å². The summed E-state index contributed by atoms with van der Waals surface area (Å²) >= 11 is 5.32. The first-order valence-electron chi connectivity index (χ1n) is 3.40. The van der Waals surface area contributed by atoms with Crippen molar-refractivity contribution in [1.29, 1.82) is 0 Å². The van der Waals surface area contributed by atoms with Gasteiger partial charge >= 0.3 is 5.97 Å². The van der Waals surface area contributed by atoms with Crippen molar-refractivity contribution in [2.45, 2.75) is 20.8 Å². The Morgan fingerprint density at radius 1 is 1.55 bits per heavy atom. The first-order valence-corrected chi connectivity index (χ1v) is 3.94. The van der Waals surface area contributed by atoms with Crippen LogP contribution in [0.15, 0.2) is 12.3 Å². The van der Waals surface area contributed by atoms with Gasteiger partial charge in [0.15, 0.2) is 0 Å². The summed E-state index contributed by atoms with van der Waals surface area (Å²) in [5, 5.41) is 0. The highest BCUT2D eigenvalue weighted by atomic mass is 35.5. The Morgan fingerprint density at radius 3 is 2.45 bits per heavy atom. The number of esters is 1. The second-order valence-electron chi connectivity index (χ2n) is 3.18. The van der Waals surface area contributed by atoms with Gasteiger partial charge in [0.05, 0.1) is 11.7 Å². The van der Waals surface area contributed by atoms with Gasteiger partial charge in [-0.2, -0.15) is 0 Å². The van der Waals surface area contributed by atoms with Crippen molar-refractivity contribution in [2.24, 2.45) is 5.41 Å². The van der Waals surface area contributed by atoms with Crippen LogP contribution in [0.5, 0.6) is 0 Å². The van der Waals surface area contributed by atoms with E-state index in [1.54, 1.807) is 26.8 Å². The monoisotopic (exact) mass is 176 g/mol. The molecule has 64 valence electrons. The maximum absolute atomic E-state index is 11.0. The van der Waals surface area contributed by atoms with Crippen molar-refractivity contribution in [2.75, 3.05) is 5.88 Å². The van der Waals surface area contributed by atoms with E-state index in [1.165, 1.54) is 6.26 Å². The Balaban J connectivity index is 3.80. The molecule has 0 aliphatic heterocycles. The summed E-state index contributed by atoms with van der Waals surface area (Å²) in [6.07, 6.45) is 2.89. The van der Waals surface area contributed by atoms with Crippen LogP contribution >= 0.6 is 11.6 Å². The van der Waals surface area contributed by atoms with Gasteiger partial charge in [0.2, 0.25) is 0 Å². The first-order chi connectivity index (χ1) is 4.98. The predicted molar refractivity (Wildman–Crippen MR) is 45.4 cm³/mol. The number of halogens is 1. The minimum Gasteiger partial charge on any atom is -0.434 e. The van der Waals surface area contributed by atoms with E-state index >= 15 is 0 Å². The summed E-state index contributed by atoms with van der Waals surface area (Å²) in [4.78, 5) is 11.0. The van der Waals surface area contributed by atoms with Gasteiger partial charge in [-0.25, -0.2) is 0 Å². The van der Waals surface area contributed by atoms with E-state index in [1.807, 2.05) is 0 Å². The van der Waals surface area contributed by atoms with Gasteiger partial charge in [0.1, 0.15) is 0 Å². The van der Waals surface area contributed by atoms with Crippen molar-refractivity contribution in [3.63, 3.8) is 0 Å². The standard InChI is InChI=1S/C8H13ClO2/c1-8(2,3)7(10)11-6-4-5-9/h4,6H,5H2,1-3H3/b6-4+. The second kappa shape index (κ2) is 4.39. The molecule has 0 fully saturated rings. The minimum absolute atomic E-state index is 0.251. The molecule has 0 atom stereocenters. The second-order valence-corrected chi connectivity index (χ2v) is 3.49. The molecule has 0 saturated carbocycles. The van der Waals surface area contributed by atoms with Crippen molar-refractivity contribution in [3.05, 3.63) is 12.3 Å². The van der Waals surface area contributed by atoms with Gasteiger partial charge in [0.25, 0.3) is 0 Å². The average molecular weight is 177 g/mol. The zero-order valence-corrected chi connectivity index (χ0v) is 7.81. The van der Waals surface area contributed by atoms with E-state index in [0.717, 1.165) is 0 Å². The topological polar surface area (TPSA) is 26.3 Å². The smallest absolute Gasteiger partial charge is 0.316 e. The van der Waals surface area contributed by atoms with Crippen LogP contribution < -0.4 is 0 Å². The lowest BCUT2D eigenvalue weighted by atomic mass is 9.98. The van der Waals surface area contributed by atoms with Crippen molar-refractivity contribution >= 4 is 17.6 Å². The molecule has 0 bridgehead atoms. The Labute approximate surface area is 72.2 Å². The largest absolute Gasteiger partial charge is 0.434 e. The highest BCUT2D eigenvalue weighted by Crippen LogP contribution is 2.14. The average Bonchev–Trinajstić information content (AvgIpc) is 1.86. The molecule has 0 N–H and O–H groups in total. The van der Waals surface area contributed by atoms with Crippen LogP contribution in [0.2, 0.25) is 0 Å². The molecular weight excluding hydrogens is 164 g/mol. The van der Waals surface area contributed by atoms with Crippen LogP contribution in [0.25, 0.3) is 0 Å². The van der Waals surface area contributed by atoms with E-state index in [4.69, 9.17) is 16.3 Å². The molecule has 0 spiro atoms. The molecule has 2 nitrogen and oxygen atoms in total. The lowest BCUT2D eigenvalue weighted by molar-refractivity contribution is -0.146. The number of rotatable bonds is 2. The third kappa shape index (κ3) is 4.85. The SMILES string of the molecule is CC(C)(C)C(=O)O/C=C/CCl. The number of carbonyl (C=O) groups excluding carboxylic acids is 1. The Bertz CT molecular complexity index is 156. The van der Waals surface area contributed by atoms with E-state index in [2.05, 4.69) is 0 Å². The van der Waals surface area contributed by atoms with Crippen molar-refractivity contribution in [1.82, 2.24) is 0 Å². The zero-order chi connectivity index (χ0) is 8.91. The highest BCUT2D eigenvalue weighted by molar-refractivity contribution is 6.18. The molecule has 0 aliphatic carbocycles. The minimum atomic E-state index is -0.448. The summed E-state index contributed by atoms with van der Waals surface area (Å²) in [6.45, 7) is 5.39. The van der Waals surface area contributed by atoms with Gasteiger partial charge < -0.3 is 4.74 Å². The Morgan fingerprint density at radius 2 is 2.09 bits per heavy atom. The quantitative estimate of drug-likeness (QED) is 0.367. The molecule has 0 unspecified atom stereocenters. The van der Waals surface area contributed by atoms with E-state index < -0.39 is 5.41 Å². The van der Waals surface area contributed by atoms with Crippen molar-refractivity contribution < 1.29 is 9.53 Å². The summed E-state index contributed by atoms with van der Waals surface area (Å²) in [5.74, 6) is 0.108. The lowest BCUT2D eigenvalue weighted by Crippen LogP contribution is -2.20. The van der Waals surface area contributed by atoms with Crippen LogP contribution in [-0.2, 0) is 9.53 Å². The predicted octanol–water partition coefficient (Wildman–Crippen LogP) is 2.33. The molecule has 0 aromatic carbocycles. The summed E-state index contributed by atoms with van der Waals surface area (Å²) in [7, 11) is 0. The molecular formula is C8H13ClO2. The Kier molecular flexibility index (Phi) is 4.19. The maximum atomic E-state index is 11.0. The van der Waals surface area contributed by atoms with E-state index in [-0.39, 0.29) is 5.97 Å². The van der Waals surface area contributed by atoms with Gasteiger partial charge in [-0.1, -0.05) is 0 Å². The number of carbonyl (C=O) groups is 1. The van der Waals surface area contributed by atoms with Crippen LogP contribution in [0.3, 0.4) is 0 Å². The number of hydrogen-bond acceptors (Lipinski definition) is 2. The molecule has 0 heterocycles. The van der Waals surface area contributed by atoms with E-state index in [9.17, 15) is 4.79 Å². The fraction of sp³-hybridized carbons (Fsp3) is 0.625. The summed E-state index contributed by atoms with van der Waals surface area (Å²) < 4.78 is 4.74. The molecule has 0 saturated heterocycles. The van der Waals surface area contributed by atoms with Gasteiger partial charge in [0, 0.05) is 5.88 Å². The third-order valence-electron chi connectivity index (χ3n) is 0.973. The fourth-order valence-electron chi connectivity index (χ4n) is 0.323. The van der Waals surface area contributed by atoms with Crippen LogP contribution in [-0.4, -0.2) is 11.8 Å². The van der Waals surface area contributed by atoms with Gasteiger partial charge in [-0.3, -0.25) is 4.79 Å². The normalized spacial score (nSPS) is 12.0. The molecule has 3 heteroatoms. The number of hydrogen-bond donors (Lipinski definition) is 0. The number of allylic oxidation sites excluding steroid dienone is 1. The zero-order valence-electron chi connectivity index (χ0n) is 7.06. The molecule has 0 amide bonds. The molecule has 0 aliphatic rings. The van der Waals surface area contributed by atoms with Gasteiger partial charge in [-0.05, 0) is 26.8 Å². The van der Waals surface area contributed by atoms with Crippen molar-refractivity contribution in [3.8, 4) is 0 Å². The highest BCUT2D eigenvalue weighted by Gasteiger charge is 2.21. The lowest BCUT2D eigenvalue weighted by Gasteiger charge is -2.13. The summed E-state index contributed by atoms with van der Waals surface area (Å²) in [5.41, 5.74) is -0.448. The van der Waals surface area contributed by atoms with Crippen LogP contribution in [0.1, 0.15) is 20.8 Å². The first kappa shape index (κ1) is 10.5. The number of alkyl halides is 1. The summed E-state index contributed by atoms with van der Waals surface area (Å²) in [6, 6.07) is 0.